The number of aliphatic carboxylic acids is 1. The fourth-order valence-corrected chi connectivity index (χ4v) is 5.40. The Morgan fingerprint density at radius 2 is 1.85 bits per heavy atom. The van der Waals surface area contributed by atoms with Gasteiger partial charge in [-0.15, -0.1) is 0 Å². The van der Waals surface area contributed by atoms with E-state index in [0.29, 0.717) is 37.9 Å². The van der Waals surface area contributed by atoms with Gasteiger partial charge in [-0.3, -0.25) is 4.79 Å². The van der Waals surface area contributed by atoms with E-state index in [0.717, 1.165) is 46.4 Å². The van der Waals surface area contributed by atoms with Crippen molar-refractivity contribution in [3.8, 4) is 34.4 Å². The van der Waals surface area contributed by atoms with Crippen molar-refractivity contribution in [1.29, 1.82) is 5.26 Å². The van der Waals surface area contributed by atoms with Gasteiger partial charge in [-0.1, -0.05) is 24.3 Å². The summed E-state index contributed by atoms with van der Waals surface area (Å²) in [5.41, 5.74) is 6.51. The second-order valence-corrected chi connectivity index (χ2v) is 10.4. The second kappa shape index (κ2) is 11.8. The van der Waals surface area contributed by atoms with Crippen molar-refractivity contribution in [2.75, 3.05) is 19.8 Å². The van der Waals surface area contributed by atoms with Crippen molar-refractivity contribution in [2.24, 2.45) is 5.92 Å². The van der Waals surface area contributed by atoms with Crippen LogP contribution in [0.15, 0.2) is 54.6 Å². The number of rotatable bonds is 9. The molecule has 0 spiro atoms. The minimum atomic E-state index is -0.825. The lowest BCUT2D eigenvalue weighted by Crippen LogP contribution is -2.30. The van der Waals surface area contributed by atoms with Gasteiger partial charge in [0.25, 0.3) is 0 Å². The molecular formula is C32H33NO6. The van der Waals surface area contributed by atoms with E-state index in [-0.39, 0.29) is 24.4 Å². The maximum absolute atomic E-state index is 11.1. The third-order valence-corrected chi connectivity index (χ3v) is 7.40. The van der Waals surface area contributed by atoms with Crippen LogP contribution < -0.4 is 14.2 Å². The van der Waals surface area contributed by atoms with Gasteiger partial charge >= 0.3 is 5.97 Å². The van der Waals surface area contributed by atoms with Crippen LogP contribution in [0.25, 0.3) is 11.1 Å². The number of carboxylic acid groups (broad SMARTS) is 1. The van der Waals surface area contributed by atoms with Crippen molar-refractivity contribution >= 4 is 5.97 Å². The molecule has 7 heteroatoms. The Balaban J connectivity index is 1.22. The molecule has 0 amide bonds. The largest absolute Gasteiger partial charge is 0.492 e. The molecule has 202 valence electrons. The Labute approximate surface area is 228 Å². The third-order valence-electron chi connectivity index (χ3n) is 7.40. The first kappa shape index (κ1) is 26.6. The highest BCUT2D eigenvalue weighted by molar-refractivity contribution is 5.72. The summed E-state index contributed by atoms with van der Waals surface area (Å²) >= 11 is 0. The topological polar surface area (TPSA) is 98.0 Å². The van der Waals surface area contributed by atoms with Crippen LogP contribution in [0.4, 0.5) is 0 Å². The van der Waals surface area contributed by atoms with E-state index >= 15 is 0 Å². The number of carboxylic acids is 1. The van der Waals surface area contributed by atoms with Crippen LogP contribution in [-0.4, -0.2) is 37.0 Å². The molecule has 7 nitrogen and oxygen atoms in total. The number of aryl methyl sites for hydroxylation is 2. The highest BCUT2D eigenvalue weighted by atomic mass is 16.5. The molecule has 3 unspecified atom stereocenters. The zero-order chi connectivity index (χ0) is 27.4. The van der Waals surface area contributed by atoms with Crippen LogP contribution in [-0.2, 0) is 16.1 Å². The molecule has 5 rings (SSSR count). The van der Waals surface area contributed by atoms with Gasteiger partial charge in [0.15, 0.2) is 0 Å². The fourth-order valence-electron chi connectivity index (χ4n) is 5.40. The smallest absolute Gasteiger partial charge is 0.304 e. The van der Waals surface area contributed by atoms with E-state index < -0.39 is 5.97 Å². The number of benzene rings is 3. The van der Waals surface area contributed by atoms with Crippen LogP contribution in [0.1, 0.15) is 47.4 Å². The minimum absolute atomic E-state index is 0.00759. The van der Waals surface area contributed by atoms with Crippen molar-refractivity contribution in [3.63, 3.8) is 0 Å². The maximum Gasteiger partial charge on any atom is 0.304 e. The SMILES string of the molecule is Cc1cc(OCC2CCC(C#N)CO2)cc(C)c1-c1cccc(COc2ccc3c(c2)OCC3CC(=O)O)c1. The average Bonchev–Trinajstić information content (AvgIpc) is 3.32. The summed E-state index contributed by atoms with van der Waals surface area (Å²) in [6.45, 7) is 5.93. The first-order valence-electron chi connectivity index (χ1n) is 13.4. The first-order chi connectivity index (χ1) is 18.9. The summed E-state index contributed by atoms with van der Waals surface area (Å²) in [5.74, 6) is 1.25. The Morgan fingerprint density at radius 1 is 1.03 bits per heavy atom. The Hall–Kier alpha value is -4.02. The van der Waals surface area contributed by atoms with Gasteiger partial charge in [0, 0.05) is 17.5 Å². The number of hydrogen-bond acceptors (Lipinski definition) is 6. The zero-order valence-corrected chi connectivity index (χ0v) is 22.3. The first-order valence-corrected chi connectivity index (χ1v) is 13.4. The van der Waals surface area contributed by atoms with Crippen LogP contribution >= 0.6 is 0 Å². The summed E-state index contributed by atoms with van der Waals surface area (Å²) in [5, 5.41) is 18.1. The van der Waals surface area contributed by atoms with Gasteiger partial charge in [0.1, 0.15) is 30.5 Å². The molecule has 39 heavy (non-hydrogen) atoms. The molecule has 3 atom stereocenters. The summed E-state index contributed by atoms with van der Waals surface area (Å²) in [6, 6.07) is 20.3. The highest BCUT2D eigenvalue weighted by Crippen LogP contribution is 2.38. The minimum Gasteiger partial charge on any atom is -0.492 e. The van der Waals surface area contributed by atoms with E-state index in [1.54, 1.807) is 0 Å². The van der Waals surface area contributed by atoms with Gasteiger partial charge in [-0.2, -0.15) is 5.26 Å². The molecule has 1 saturated heterocycles. The predicted octanol–water partition coefficient (Wildman–Crippen LogP) is 6.20. The number of carbonyl (C=O) groups is 1. The van der Waals surface area contributed by atoms with Crippen LogP contribution in [0.3, 0.4) is 0 Å². The summed E-state index contributed by atoms with van der Waals surface area (Å²) < 4.78 is 23.6. The van der Waals surface area contributed by atoms with Crippen molar-refractivity contribution in [3.05, 3.63) is 76.9 Å². The maximum atomic E-state index is 11.1. The molecular weight excluding hydrogens is 494 g/mol. The van der Waals surface area contributed by atoms with Gasteiger partial charge in [-0.25, -0.2) is 0 Å². The molecule has 0 aliphatic carbocycles. The number of nitrogens with zero attached hydrogens (tertiary/aromatic N) is 1. The number of nitriles is 1. The lowest BCUT2D eigenvalue weighted by molar-refractivity contribution is -0.137. The van der Waals surface area contributed by atoms with Gasteiger partial charge in [0.05, 0.1) is 37.7 Å². The predicted molar refractivity (Wildman–Crippen MR) is 146 cm³/mol. The number of fused-ring (bicyclic) bond motifs is 1. The molecule has 2 heterocycles. The van der Waals surface area contributed by atoms with Crippen LogP contribution in [0.5, 0.6) is 17.2 Å². The van der Waals surface area contributed by atoms with Gasteiger partial charge in [-0.05, 0) is 78.8 Å². The molecule has 0 aromatic heterocycles. The highest BCUT2D eigenvalue weighted by Gasteiger charge is 2.27. The van der Waals surface area contributed by atoms with E-state index in [9.17, 15) is 4.79 Å². The van der Waals surface area contributed by atoms with Gasteiger partial charge < -0.3 is 24.1 Å². The quantitative estimate of drug-likeness (QED) is 0.354. The summed E-state index contributed by atoms with van der Waals surface area (Å²) in [4.78, 5) is 11.1. The van der Waals surface area contributed by atoms with Gasteiger partial charge in [0.2, 0.25) is 0 Å². The fraction of sp³-hybridized carbons (Fsp3) is 0.375. The molecule has 0 radical (unpaired) electrons. The summed E-state index contributed by atoms with van der Waals surface area (Å²) in [6.07, 6.45) is 1.78. The number of ether oxygens (including phenoxy) is 4. The summed E-state index contributed by atoms with van der Waals surface area (Å²) in [7, 11) is 0. The molecule has 1 N–H and O–H groups in total. The molecule has 2 aliphatic rings. The Bertz CT molecular complexity index is 1360. The van der Waals surface area contributed by atoms with Crippen molar-refractivity contribution in [2.45, 2.75) is 51.7 Å². The van der Waals surface area contributed by atoms with E-state index in [4.69, 9.17) is 29.3 Å². The van der Waals surface area contributed by atoms with Crippen LogP contribution in [0, 0.1) is 31.1 Å². The lowest BCUT2D eigenvalue weighted by atomic mass is 9.94. The molecule has 0 bridgehead atoms. The standard InChI is InChI=1S/C32H33NO6/c1-20-10-28(38-19-27-7-6-23(15-33)17-37-27)11-21(2)32(20)24-5-3-4-22(12-24)16-36-26-8-9-29-25(13-31(34)35)18-39-30(29)14-26/h3-5,8-12,14,23,25,27H,6-7,13,16-19H2,1-2H3,(H,34,35). The molecule has 3 aromatic carbocycles. The molecule has 3 aromatic rings. The molecule has 2 aliphatic heterocycles. The lowest BCUT2D eigenvalue weighted by Gasteiger charge is -2.25. The average molecular weight is 528 g/mol. The number of hydrogen-bond donors (Lipinski definition) is 1. The van der Waals surface area contributed by atoms with Crippen LogP contribution in [0.2, 0.25) is 0 Å². The van der Waals surface area contributed by atoms with E-state index in [1.165, 1.54) is 5.56 Å². The molecule has 1 fully saturated rings. The Morgan fingerprint density at radius 3 is 2.56 bits per heavy atom. The Kier molecular flexibility index (Phi) is 8.04. The molecule has 0 saturated carbocycles. The third kappa shape index (κ3) is 6.35. The van der Waals surface area contributed by atoms with Crippen molar-refractivity contribution in [1.82, 2.24) is 0 Å². The van der Waals surface area contributed by atoms with E-state index in [1.807, 2.05) is 30.3 Å². The normalized spacial score (nSPS) is 20.0. The van der Waals surface area contributed by atoms with Crippen molar-refractivity contribution < 1.29 is 28.8 Å². The zero-order valence-electron chi connectivity index (χ0n) is 22.3. The van der Waals surface area contributed by atoms with E-state index in [2.05, 4.69) is 44.2 Å². The monoisotopic (exact) mass is 527 g/mol. The second-order valence-electron chi connectivity index (χ2n) is 10.4.